The van der Waals surface area contributed by atoms with Crippen LogP contribution in [-0.2, 0) is 5.41 Å². The summed E-state index contributed by atoms with van der Waals surface area (Å²) in [5, 5.41) is 3.86. The summed E-state index contributed by atoms with van der Waals surface area (Å²) in [6.45, 7) is 2.37. The van der Waals surface area contributed by atoms with E-state index in [9.17, 15) is 0 Å². The highest BCUT2D eigenvalue weighted by atomic mass is 14.7. The Hall–Kier alpha value is -3.84. The monoisotopic (exact) mass is 411 g/mol. The van der Waals surface area contributed by atoms with Crippen molar-refractivity contribution < 1.29 is 0 Å². The van der Waals surface area contributed by atoms with Gasteiger partial charge in [0.25, 0.3) is 0 Å². The van der Waals surface area contributed by atoms with E-state index in [1.807, 2.05) is 0 Å². The summed E-state index contributed by atoms with van der Waals surface area (Å²) in [5.41, 5.74) is 7.65. The fraction of sp³-hybridized carbons (Fsp3) is 0.0968. The minimum Gasteiger partial charge on any atom is -0.354 e. The molecule has 1 aromatic heterocycles. The average Bonchev–Trinajstić information content (AvgIpc) is 3.22. The van der Waals surface area contributed by atoms with Crippen LogP contribution in [0.3, 0.4) is 0 Å². The molecule has 32 heavy (non-hydrogen) atoms. The van der Waals surface area contributed by atoms with Crippen molar-refractivity contribution in [3.8, 4) is 11.1 Å². The standard InChI is InChI=1S/C31H25N/c1-31(25-15-9-4-10-16-25)20-27(23-13-7-3-8-14-23)30-28(21-31)26-19-24(17-18-29(26)32-30)22-11-5-2-6-12-22/h2-19,21,32H,20H2,1H3. The van der Waals surface area contributed by atoms with E-state index in [4.69, 9.17) is 0 Å². The summed E-state index contributed by atoms with van der Waals surface area (Å²) >= 11 is 0. The van der Waals surface area contributed by atoms with E-state index in [1.54, 1.807) is 0 Å². The third kappa shape index (κ3) is 3.09. The lowest BCUT2D eigenvalue weighted by Gasteiger charge is -2.30. The second-order valence-corrected chi connectivity index (χ2v) is 8.99. The third-order valence-corrected chi connectivity index (χ3v) is 6.81. The molecule has 1 aliphatic carbocycles. The van der Waals surface area contributed by atoms with Gasteiger partial charge in [-0.05, 0) is 46.4 Å². The predicted octanol–water partition coefficient (Wildman–Crippen LogP) is 6.18. The van der Waals surface area contributed by atoms with Crippen molar-refractivity contribution in [2.45, 2.75) is 18.8 Å². The Bertz CT molecular complexity index is 1530. The normalized spacial score (nSPS) is 17.7. The van der Waals surface area contributed by atoms with E-state index in [2.05, 4.69) is 127 Å². The fourth-order valence-electron chi connectivity index (χ4n) is 5.13. The van der Waals surface area contributed by atoms with Gasteiger partial charge >= 0.3 is 0 Å². The number of hydrogen-bond donors (Lipinski definition) is 1. The van der Waals surface area contributed by atoms with E-state index < -0.39 is 0 Å². The minimum atomic E-state index is -0.0721. The zero-order chi connectivity index (χ0) is 21.5. The Morgan fingerprint density at radius 2 is 1.28 bits per heavy atom. The molecule has 0 saturated carbocycles. The Balaban J connectivity index is 1.68. The molecule has 1 aliphatic rings. The molecule has 154 valence electrons. The van der Waals surface area contributed by atoms with Crippen LogP contribution >= 0.6 is 0 Å². The minimum absolute atomic E-state index is 0.0721. The molecule has 0 fully saturated rings. The van der Waals surface area contributed by atoms with E-state index in [0.29, 0.717) is 0 Å². The van der Waals surface area contributed by atoms with Crippen LogP contribution in [0.5, 0.6) is 0 Å². The Morgan fingerprint density at radius 1 is 0.656 bits per heavy atom. The van der Waals surface area contributed by atoms with Gasteiger partial charge < -0.3 is 4.98 Å². The lowest BCUT2D eigenvalue weighted by atomic mass is 9.73. The lowest BCUT2D eigenvalue weighted by molar-refractivity contribution is 0.643. The number of aromatic nitrogens is 1. The molecule has 0 saturated heterocycles. The van der Waals surface area contributed by atoms with Crippen molar-refractivity contribution in [1.29, 1.82) is 0 Å². The summed E-state index contributed by atoms with van der Waals surface area (Å²) in [7, 11) is 0. The molecule has 1 nitrogen and oxygen atoms in total. The van der Waals surface area contributed by atoms with Crippen LogP contribution in [0.1, 0.15) is 24.5 Å². The molecule has 1 heteroatoms. The first-order valence-electron chi connectivity index (χ1n) is 11.3. The van der Waals surface area contributed by atoms with Gasteiger partial charge in [-0.1, -0.05) is 110 Å². The molecule has 0 amide bonds. The SMILES string of the molecule is CC1(c2ccccc2)C=c2c([nH]c3ccc(-c4ccccc4)cc23)=C(c2ccccc2)C1. The van der Waals surface area contributed by atoms with Crippen molar-refractivity contribution in [3.05, 3.63) is 131 Å². The van der Waals surface area contributed by atoms with Gasteiger partial charge in [0, 0.05) is 21.5 Å². The highest BCUT2D eigenvalue weighted by Crippen LogP contribution is 2.37. The number of aromatic amines is 1. The number of H-pyrrole nitrogens is 1. The summed E-state index contributed by atoms with van der Waals surface area (Å²) in [6.07, 6.45) is 3.45. The molecular weight excluding hydrogens is 386 g/mol. The molecule has 6 rings (SSSR count). The van der Waals surface area contributed by atoms with Gasteiger partial charge in [0.15, 0.2) is 0 Å². The number of rotatable bonds is 3. The Morgan fingerprint density at radius 3 is 1.97 bits per heavy atom. The number of hydrogen-bond acceptors (Lipinski definition) is 0. The molecule has 0 aliphatic heterocycles. The number of nitrogens with one attached hydrogen (secondary N) is 1. The van der Waals surface area contributed by atoms with Crippen LogP contribution in [0.15, 0.2) is 109 Å². The fourth-order valence-corrected chi connectivity index (χ4v) is 5.13. The van der Waals surface area contributed by atoms with E-state index in [-0.39, 0.29) is 5.41 Å². The zero-order valence-electron chi connectivity index (χ0n) is 18.2. The van der Waals surface area contributed by atoms with Gasteiger partial charge in [-0.25, -0.2) is 0 Å². The molecule has 1 heterocycles. The predicted molar refractivity (Wildman–Crippen MR) is 135 cm³/mol. The maximum Gasteiger partial charge on any atom is 0.0500 e. The topological polar surface area (TPSA) is 15.8 Å². The van der Waals surface area contributed by atoms with Crippen LogP contribution in [0, 0.1) is 0 Å². The van der Waals surface area contributed by atoms with E-state index in [0.717, 1.165) is 6.42 Å². The average molecular weight is 412 g/mol. The molecule has 5 aromatic rings. The van der Waals surface area contributed by atoms with Gasteiger partial charge in [-0.15, -0.1) is 0 Å². The van der Waals surface area contributed by atoms with Gasteiger partial charge in [0.1, 0.15) is 0 Å². The molecule has 1 N–H and O–H groups in total. The summed E-state index contributed by atoms with van der Waals surface area (Å²) in [6, 6.07) is 39.2. The van der Waals surface area contributed by atoms with Crippen molar-refractivity contribution in [3.63, 3.8) is 0 Å². The molecule has 0 radical (unpaired) electrons. The van der Waals surface area contributed by atoms with Gasteiger partial charge in [-0.2, -0.15) is 0 Å². The Kier molecular flexibility index (Phi) is 4.36. The first kappa shape index (κ1) is 18.9. The second-order valence-electron chi connectivity index (χ2n) is 8.99. The molecule has 4 aromatic carbocycles. The summed E-state index contributed by atoms with van der Waals surface area (Å²) < 4.78 is 0. The van der Waals surface area contributed by atoms with E-state index in [1.165, 1.54) is 49.3 Å². The highest BCUT2D eigenvalue weighted by Gasteiger charge is 2.30. The van der Waals surface area contributed by atoms with Gasteiger partial charge in [-0.3, -0.25) is 0 Å². The van der Waals surface area contributed by atoms with Crippen LogP contribution in [-0.4, -0.2) is 4.98 Å². The van der Waals surface area contributed by atoms with Crippen LogP contribution < -0.4 is 10.6 Å². The van der Waals surface area contributed by atoms with Gasteiger partial charge in [0.05, 0.1) is 5.35 Å². The first-order chi connectivity index (χ1) is 15.7. The number of benzene rings is 4. The zero-order valence-corrected chi connectivity index (χ0v) is 18.2. The molecular formula is C31H25N. The number of fused-ring (bicyclic) bond motifs is 3. The van der Waals surface area contributed by atoms with Crippen LogP contribution in [0.2, 0.25) is 0 Å². The highest BCUT2D eigenvalue weighted by molar-refractivity contribution is 5.89. The van der Waals surface area contributed by atoms with Crippen LogP contribution in [0.4, 0.5) is 0 Å². The largest absolute Gasteiger partial charge is 0.354 e. The van der Waals surface area contributed by atoms with Gasteiger partial charge in [0.2, 0.25) is 0 Å². The van der Waals surface area contributed by atoms with Crippen molar-refractivity contribution in [2.24, 2.45) is 0 Å². The maximum atomic E-state index is 3.76. The molecule has 1 atom stereocenters. The molecule has 0 bridgehead atoms. The lowest BCUT2D eigenvalue weighted by Crippen LogP contribution is -2.37. The first-order valence-corrected chi connectivity index (χ1v) is 11.3. The Labute approximate surface area is 188 Å². The smallest absolute Gasteiger partial charge is 0.0500 e. The summed E-state index contributed by atoms with van der Waals surface area (Å²) in [5.74, 6) is 0. The van der Waals surface area contributed by atoms with Crippen molar-refractivity contribution in [2.75, 3.05) is 0 Å². The quantitative estimate of drug-likeness (QED) is 0.365. The van der Waals surface area contributed by atoms with E-state index >= 15 is 0 Å². The molecule has 0 spiro atoms. The summed E-state index contributed by atoms with van der Waals surface area (Å²) in [4.78, 5) is 3.76. The second kappa shape index (κ2) is 7.39. The van der Waals surface area contributed by atoms with Crippen molar-refractivity contribution >= 4 is 22.6 Å². The van der Waals surface area contributed by atoms with Crippen molar-refractivity contribution in [1.82, 2.24) is 4.98 Å². The molecule has 1 unspecified atom stereocenters. The van der Waals surface area contributed by atoms with Crippen LogP contribution in [0.25, 0.3) is 33.7 Å². The maximum absolute atomic E-state index is 3.76. The third-order valence-electron chi connectivity index (χ3n) is 6.81.